The van der Waals surface area contributed by atoms with Crippen LogP contribution in [0, 0.1) is 0 Å². The standard InChI is InChI=1S/C45H29NO/c1-2-11-29(12-3-1)42-38-17-8-9-20-40(38)46-44(42)30-23-21-28(22-24-30)31-25-26-34-37-18-10-19-39(45(37)47-41(34)27-31)43-35-15-6-4-13-32(35)33-14-5-7-16-36(33)43/h1-27,42-43H/t42-/m0/s1. The zero-order valence-electron chi connectivity index (χ0n) is 25.6. The first kappa shape index (κ1) is 26.2. The summed E-state index contributed by atoms with van der Waals surface area (Å²) in [5.41, 5.74) is 16.5. The number of fused-ring (bicyclic) bond motifs is 7. The Bertz CT molecular complexity index is 2470. The van der Waals surface area contributed by atoms with Crippen LogP contribution in [-0.4, -0.2) is 5.71 Å². The lowest BCUT2D eigenvalue weighted by Gasteiger charge is -2.16. The summed E-state index contributed by atoms with van der Waals surface area (Å²) >= 11 is 0. The number of benzene rings is 7. The van der Waals surface area contributed by atoms with Crippen LogP contribution in [0.4, 0.5) is 5.69 Å². The maximum absolute atomic E-state index is 6.77. The summed E-state index contributed by atoms with van der Waals surface area (Å²) < 4.78 is 6.77. The van der Waals surface area contributed by atoms with Crippen LogP contribution >= 0.6 is 0 Å². The molecule has 0 radical (unpaired) electrons. The molecule has 0 fully saturated rings. The maximum Gasteiger partial charge on any atom is 0.139 e. The predicted octanol–water partition coefficient (Wildman–Crippen LogP) is 11.7. The van der Waals surface area contributed by atoms with Gasteiger partial charge in [-0.05, 0) is 68.3 Å². The van der Waals surface area contributed by atoms with Crippen molar-refractivity contribution < 1.29 is 4.42 Å². The highest BCUT2D eigenvalue weighted by Gasteiger charge is 2.32. The van der Waals surface area contributed by atoms with Crippen molar-refractivity contribution in [2.75, 3.05) is 0 Å². The van der Waals surface area contributed by atoms with Crippen molar-refractivity contribution in [3.63, 3.8) is 0 Å². The Morgan fingerprint density at radius 2 is 1.04 bits per heavy atom. The summed E-state index contributed by atoms with van der Waals surface area (Å²) in [6, 6.07) is 58.9. The molecule has 2 aliphatic rings. The Morgan fingerprint density at radius 3 is 1.81 bits per heavy atom. The van der Waals surface area contributed by atoms with Gasteiger partial charge in [0.05, 0.1) is 17.3 Å². The topological polar surface area (TPSA) is 25.5 Å². The molecule has 1 atom stereocenters. The monoisotopic (exact) mass is 599 g/mol. The molecule has 0 unspecified atom stereocenters. The highest BCUT2D eigenvalue weighted by molar-refractivity contribution is 6.12. The van der Waals surface area contributed by atoms with Gasteiger partial charge in [-0.2, -0.15) is 0 Å². The fraction of sp³-hybridized carbons (Fsp3) is 0.0444. The van der Waals surface area contributed by atoms with Crippen molar-refractivity contribution in [3.05, 3.63) is 197 Å². The van der Waals surface area contributed by atoms with E-state index in [0.717, 1.165) is 50.0 Å². The number of aliphatic imine (C=N–C) groups is 1. The van der Waals surface area contributed by atoms with Crippen LogP contribution in [0.25, 0.3) is 44.2 Å². The Morgan fingerprint density at radius 1 is 0.426 bits per heavy atom. The molecule has 0 saturated carbocycles. The predicted molar refractivity (Wildman–Crippen MR) is 193 cm³/mol. The van der Waals surface area contributed by atoms with Crippen molar-refractivity contribution in [2.45, 2.75) is 11.8 Å². The van der Waals surface area contributed by atoms with E-state index in [1.165, 1.54) is 38.9 Å². The average molecular weight is 600 g/mol. The van der Waals surface area contributed by atoms with E-state index in [9.17, 15) is 0 Å². The average Bonchev–Trinajstić information content (AvgIpc) is 3.82. The Kier molecular flexibility index (Phi) is 5.73. The third-order valence-electron chi connectivity index (χ3n) is 10.1. The molecule has 2 heterocycles. The number of rotatable bonds is 4. The van der Waals surface area contributed by atoms with Gasteiger partial charge in [0.15, 0.2) is 0 Å². The minimum Gasteiger partial charge on any atom is -0.456 e. The number of para-hydroxylation sites is 2. The lowest BCUT2D eigenvalue weighted by molar-refractivity contribution is 0.661. The van der Waals surface area contributed by atoms with Crippen molar-refractivity contribution in [1.29, 1.82) is 0 Å². The van der Waals surface area contributed by atoms with Crippen LogP contribution in [0.15, 0.2) is 173 Å². The van der Waals surface area contributed by atoms with Crippen molar-refractivity contribution in [2.24, 2.45) is 4.99 Å². The molecule has 0 spiro atoms. The summed E-state index contributed by atoms with van der Waals surface area (Å²) in [6.45, 7) is 0. The lowest BCUT2D eigenvalue weighted by atomic mass is 9.85. The summed E-state index contributed by atoms with van der Waals surface area (Å²) in [4.78, 5) is 5.12. The zero-order chi connectivity index (χ0) is 30.9. The van der Waals surface area contributed by atoms with Gasteiger partial charge in [0, 0.05) is 22.3 Å². The molecule has 1 aliphatic carbocycles. The molecular weight excluding hydrogens is 571 g/mol. The molecule has 7 aromatic carbocycles. The van der Waals surface area contributed by atoms with E-state index in [1.54, 1.807) is 0 Å². The molecule has 2 nitrogen and oxygen atoms in total. The fourth-order valence-corrected chi connectivity index (χ4v) is 7.94. The number of furan rings is 1. The van der Waals surface area contributed by atoms with Crippen LogP contribution in [-0.2, 0) is 0 Å². The third kappa shape index (κ3) is 4.01. The number of nitrogens with zero attached hydrogens (tertiary/aromatic N) is 1. The molecule has 0 amide bonds. The van der Waals surface area contributed by atoms with Gasteiger partial charge in [0.1, 0.15) is 11.2 Å². The second-order valence-corrected chi connectivity index (χ2v) is 12.6. The van der Waals surface area contributed by atoms with Gasteiger partial charge in [0.25, 0.3) is 0 Å². The molecule has 1 aromatic heterocycles. The first-order valence-corrected chi connectivity index (χ1v) is 16.3. The van der Waals surface area contributed by atoms with Crippen molar-refractivity contribution in [1.82, 2.24) is 0 Å². The van der Waals surface area contributed by atoms with Gasteiger partial charge < -0.3 is 4.42 Å². The van der Waals surface area contributed by atoms with Gasteiger partial charge in [-0.3, -0.25) is 4.99 Å². The maximum atomic E-state index is 6.77. The normalized spacial score (nSPS) is 15.1. The smallest absolute Gasteiger partial charge is 0.139 e. The minimum absolute atomic E-state index is 0.123. The molecule has 0 saturated heterocycles. The van der Waals surface area contributed by atoms with Crippen LogP contribution in [0.3, 0.4) is 0 Å². The van der Waals surface area contributed by atoms with E-state index in [-0.39, 0.29) is 11.8 Å². The molecule has 8 aromatic rings. The van der Waals surface area contributed by atoms with E-state index in [0.29, 0.717) is 0 Å². The summed E-state index contributed by atoms with van der Waals surface area (Å²) in [5.74, 6) is 0.265. The van der Waals surface area contributed by atoms with Crippen molar-refractivity contribution in [3.8, 4) is 22.3 Å². The second kappa shape index (κ2) is 10.3. The minimum atomic E-state index is 0.123. The van der Waals surface area contributed by atoms with Gasteiger partial charge >= 0.3 is 0 Å². The van der Waals surface area contributed by atoms with Gasteiger partial charge in [0.2, 0.25) is 0 Å². The SMILES string of the molecule is c1ccc([C@@H]2C(c3ccc(-c4ccc5c(c4)oc4c(C6c7ccccc7-c7ccccc76)cccc45)cc3)=Nc3ccccc32)cc1. The van der Waals surface area contributed by atoms with Gasteiger partial charge in [-0.25, -0.2) is 0 Å². The van der Waals surface area contributed by atoms with E-state index in [2.05, 4.69) is 164 Å². The molecule has 1 aliphatic heterocycles. The molecular formula is C45H29NO. The first-order valence-electron chi connectivity index (χ1n) is 16.3. The van der Waals surface area contributed by atoms with Crippen LogP contribution in [0.5, 0.6) is 0 Å². The molecule has 220 valence electrons. The van der Waals surface area contributed by atoms with E-state index >= 15 is 0 Å². The second-order valence-electron chi connectivity index (χ2n) is 12.6. The van der Waals surface area contributed by atoms with E-state index in [4.69, 9.17) is 9.41 Å². The molecule has 0 N–H and O–H groups in total. The van der Waals surface area contributed by atoms with E-state index in [1.807, 2.05) is 0 Å². The molecule has 2 heteroatoms. The van der Waals surface area contributed by atoms with Crippen LogP contribution < -0.4 is 0 Å². The van der Waals surface area contributed by atoms with Gasteiger partial charge in [-0.1, -0.05) is 146 Å². The largest absolute Gasteiger partial charge is 0.456 e. The Labute approximate surface area is 273 Å². The molecule has 10 rings (SSSR count). The Hall–Kier alpha value is -5.99. The summed E-state index contributed by atoms with van der Waals surface area (Å²) in [5, 5.41) is 2.30. The highest BCUT2D eigenvalue weighted by atomic mass is 16.3. The number of hydrogen-bond acceptors (Lipinski definition) is 2. The molecule has 0 bridgehead atoms. The first-order chi connectivity index (χ1) is 23.3. The van der Waals surface area contributed by atoms with Crippen molar-refractivity contribution >= 4 is 33.3 Å². The summed E-state index contributed by atoms with van der Waals surface area (Å²) in [7, 11) is 0. The Balaban J connectivity index is 1.03. The fourth-order valence-electron chi connectivity index (χ4n) is 7.94. The van der Waals surface area contributed by atoms with Crippen LogP contribution in [0.2, 0.25) is 0 Å². The van der Waals surface area contributed by atoms with E-state index < -0.39 is 0 Å². The van der Waals surface area contributed by atoms with Gasteiger partial charge in [-0.15, -0.1) is 0 Å². The van der Waals surface area contributed by atoms with Crippen LogP contribution in [0.1, 0.15) is 45.2 Å². The summed E-state index contributed by atoms with van der Waals surface area (Å²) in [6.07, 6.45) is 0. The quantitative estimate of drug-likeness (QED) is 0.198. The zero-order valence-corrected chi connectivity index (χ0v) is 25.6. The lowest BCUT2D eigenvalue weighted by Crippen LogP contribution is -2.11. The molecule has 47 heavy (non-hydrogen) atoms. The number of hydrogen-bond donors (Lipinski definition) is 0. The highest BCUT2D eigenvalue weighted by Crippen LogP contribution is 2.50. The third-order valence-corrected chi connectivity index (χ3v) is 10.1.